The molecule has 1 fully saturated rings. The first-order valence-electron chi connectivity index (χ1n) is 9.51. The van der Waals surface area contributed by atoms with Crippen molar-refractivity contribution in [3.63, 3.8) is 0 Å². The predicted octanol–water partition coefficient (Wildman–Crippen LogP) is 9.41. The maximum atomic E-state index is 14.8. The smallest absolute Gasteiger partial charge is 0.294 e. The van der Waals surface area contributed by atoms with Crippen molar-refractivity contribution in [2.45, 2.75) is 37.5 Å². The highest BCUT2D eigenvalue weighted by molar-refractivity contribution is 9.10. The molecule has 1 aliphatic rings. The normalized spacial score (nSPS) is 16.1. The fourth-order valence-electron chi connectivity index (χ4n) is 3.24. The number of hydrogen-bond acceptors (Lipinski definition) is 1. The highest BCUT2D eigenvalue weighted by atomic mass is 79.9. The van der Waals surface area contributed by atoms with E-state index >= 15 is 0 Å². The Morgan fingerprint density at radius 2 is 1.64 bits per heavy atom. The molecule has 0 N–H and O–H groups in total. The van der Waals surface area contributed by atoms with Gasteiger partial charge in [0.1, 0.15) is 11.7 Å². The van der Waals surface area contributed by atoms with E-state index in [2.05, 4.69) is 15.9 Å². The van der Waals surface area contributed by atoms with E-state index in [-0.39, 0.29) is 32.9 Å². The maximum Gasteiger partial charge on any atom is 0.417 e. The average molecular weight is 578 g/mol. The molecule has 0 heterocycles. The number of hydrogen-bond donors (Lipinski definition) is 0. The lowest BCUT2D eigenvalue weighted by Gasteiger charge is -2.19. The number of carbonyl (C=O) groups excluding carboxylic acids is 1. The molecule has 2 aromatic carbocycles. The summed E-state index contributed by atoms with van der Waals surface area (Å²) in [5.74, 6) is -4.80. The van der Waals surface area contributed by atoms with Crippen molar-refractivity contribution in [2.75, 3.05) is 0 Å². The molecule has 11 heteroatoms. The van der Waals surface area contributed by atoms with E-state index in [9.17, 15) is 35.5 Å². The third kappa shape index (κ3) is 6.31. The first-order chi connectivity index (χ1) is 15.2. The van der Waals surface area contributed by atoms with Crippen LogP contribution in [0.25, 0.3) is 5.83 Å². The second-order valence-electron chi connectivity index (χ2n) is 7.66. The van der Waals surface area contributed by atoms with Crippen LogP contribution in [0.15, 0.2) is 40.9 Å². The van der Waals surface area contributed by atoms with Gasteiger partial charge in [0.15, 0.2) is 5.78 Å². The van der Waals surface area contributed by atoms with Crippen molar-refractivity contribution in [1.82, 2.24) is 0 Å². The van der Waals surface area contributed by atoms with E-state index in [1.54, 1.807) is 0 Å². The number of ketones is 1. The molecular formula is C22H14BrCl2F7O. The van der Waals surface area contributed by atoms with Crippen LogP contribution in [0.5, 0.6) is 0 Å². The van der Waals surface area contributed by atoms with E-state index < -0.39 is 52.1 Å². The fraction of sp³-hybridized carbons (Fsp3) is 0.318. The number of allylic oxidation sites excluding steroid dienone is 1. The van der Waals surface area contributed by atoms with Crippen molar-refractivity contribution in [3.05, 3.63) is 73.2 Å². The summed E-state index contributed by atoms with van der Waals surface area (Å²) in [5, 5.41) is -0.308. The van der Waals surface area contributed by atoms with Crippen LogP contribution < -0.4 is 0 Å². The van der Waals surface area contributed by atoms with Crippen LogP contribution in [0.1, 0.15) is 52.2 Å². The Bertz CT molecular complexity index is 1080. The summed E-state index contributed by atoms with van der Waals surface area (Å²) >= 11 is 14.7. The lowest BCUT2D eigenvalue weighted by molar-refractivity contribution is -0.140. The first kappa shape index (κ1) is 26.0. The molecule has 2 aromatic rings. The summed E-state index contributed by atoms with van der Waals surface area (Å²) in [4.78, 5) is 12.2. The minimum Gasteiger partial charge on any atom is -0.294 e. The highest BCUT2D eigenvalue weighted by Crippen LogP contribution is 2.43. The molecule has 0 amide bonds. The lowest BCUT2D eigenvalue weighted by atomic mass is 9.94. The van der Waals surface area contributed by atoms with Gasteiger partial charge in [-0.15, -0.1) is 0 Å². The van der Waals surface area contributed by atoms with Crippen LogP contribution in [0.4, 0.5) is 30.7 Å². The quantitative estimate of drug-likeness (QED) is 0.190. The van der Waals surface area contributed by atoms with Crippen molar-refractivity contribution >= 4 is 50.7 Å². The first-order valence-corrected chi connectivity index (χ1v) is 11.1. The number of carbonyl (C=O) groups is 1. The van der Waals surface area contributed by atoms with Crippen LogP contribution in [0.3, 0.4) is 0 Å². The topological polar surface area (TPSA) is 17.1 Å². The molecule has 1 unspecified atom stereocenters. The van der Waals surface area contributed by atoms with E-state index in [1.165, 1.54) is 0 Å². The molecule has 0 spiro atoms. The number of rotatable bonds is 6. The second-order valence-corrected chi connectivity index (χ2v) is 9.27. The van der Waals surface area contributed by atoms with Gasteiger partial charge in [0.25, 0.3) is 0 Å². The van der Waals surface area contributed by atoms with Gasteiger partial charge in [-0.3, -0.25) is 4.79 Å². The van der Waals surface area contributed by atoms with E-state index in [0.29, 0.717) is 6.07 Å². The molecule has 1 aliphatic carbocycles. The monoisotopic (exact) mass is 576 g/mol. The molecule has 1 atom stereocenters. The zero-order chi connectivity index (χ0) is 24.7. The third-order valence-electron chi connectivity index (χ3n) is 5.10. The summed E-state index contributed by atoms with van der Waals surface area (Å²) < 4.78 is 96.6. The molecule has 33 heavy (non-hydrogen) atoms. The molecule has 178 valence electrons. The van der Waals surface area contributed by atoms with Gasteiger partial charge in [-0.1, -0.05) is 35.3 Å². The number of benzene rings is 2. The number of halogens is 10. The van der Waals surface area contributed by atoms with Gasteiger partial charge in [0.2, 0.25) is 0 Å². The fourth-order valence-corrected chi connectivity index (χ4v) is 3.97. The van der Waals surface area contributed by atoms with Gasteiger partial charge in [-0.05, 0) is 64.5 Å². The van der Waals surface area contributed by atoms with E-state index in [1.807, 2.05) is 0 Å². The summed E-state index contributed by atoms with van der Waals surface area (Å²) in [6, 6.07) is 3.86. The van der Waals surface area contributed by atoms with Crippen LogP contribution >= 0.6 is 39.1 Å². The molecule has 3 rings (SSSR count). The summed E-state index contributed by atoms with van der Waals surface area (Å²) in [7, 11) is 0. The molecule has 1 saturated carbocycles. The van der Waals surface area contributed by atoms with Crippen LogP contribution in [0.2, 0.25) is 10.0 Å². The second kappa shape index (κ2) is 9.58. The molecule has 1 nitrogen and oxygen atoms in total. The Hall–Kier alpha value is -1.58. The van der Waals surface area contributed by atoms with Crippen LogP contribution in [0, 0.1) is 5.92 Å². The number of alkyl halides is 6. The van der Waals surface area contributed by atoms with Gasteiger partial charge in [-0.25, -0.2) is 4.39 Å². The molecule has 0 bridgehead atoms. The van der Waals surface area contributed by atoms with Gasteiger partial charge >= 0.3 is 12.4 Å². The molecule has 0 radical (unpaired) electrons. The van der Waals surface area contributed by atoms with Crippen LogP contribution in [-0.2, 0) is 6.18 Å². The Labute approximate surface area is 202 Å². The Morgan fingerprint density at radius 1 is 1.06 bits per heavy atom. The standard InChI is InChI=1S/C22H14BrCl2F7O/c23-20-16(24)7-12(8-17(20)25)14(21(27,28)29)9-18(26)11-3-4-13(15(6-11)22(30,31)32)19(33)5-10-1-2-10/h3-4,6-10,14H,1-2,5H2/b18-9-. The largest absolute Gasteiger partial charge is 0.417 e. The minimum absolute atomic E-state index is 0.0204. The summed E-state index contributed by atoms with van der Waals surface area (Å²) in [6.45, 7) is 0. The minimum atomic E-state index is -5.00. The summed E-state index contributed by atoms with van der Waals surface area (Å²) in [6.07, 6.45) is -8.43. The average Bonchev–Trinajstić information content (AvgIpc) is 3.51. The van der Waals surface area contributed by atoms with Crippen molar-refractivity contribution in [3.8, 4) is 0 Å². The third-order valence-corrected chi connectivity index (χ3v) is 7.01. The van der Waals surface area contributed by atoms with Gasteiger partial charge in [0.05, 0.1) is 20.1 Å². The zero-order valence-corrected chi connectivity index (χ0v) is 19.5. The molecular weight excluding hydrogens is 564 g/mol. The van der Waals surface area contributed by atoms with Gasteiger partial charge < -0.3 is 0 Å². The molecule has 0 aromatic heterocycles. The molecule has 0 saturated heterocycles. The Morgan fingerprint density at radius 3 is 2.12 bits per heavy atom. The number of Topliss-reactive ketones (excluding diaryl/α,β-unsaturated/α-hetero) is 1. The predicted molar refractivity (Wildman–Crippen MR) is 115 cm³/mol. The van der Waals surface area contributed by atoms with Gasteiger partial charge in [-0.2, -0.15) is 26.3 Å². The van der Waals surface area contributed by atoms with E-state index in [4.69, 9.17) is 23.2 Å². The Kier molecular flexibility index (Phi) is 7.56. The van der Waals surface area contributed by atoms with E-state index in [0.717, 1.165) is 37.1 Å². The van der Waals surface area contributed by atoms with Crippen molar-refractivity contribution < 1.29 is 35.5 Å². The summed E-state index contributed by atoms with van der Waals surface area (Å²) in [5.41, 5.74) is -3.27. The zero-order valence-electron chi connectivity index (χ0n) is 16.4. The Balaban J connectivity index is 2.04. The highest BCUT2D eigenvalue weighted by Gasteiger charge is 2.41. The lowest BCUT2D eigenvalue weighted by Crippen LogP contribution is -2.19. The van der Waals surface area contributed by atoms with Crippen molar-refractivity contribution in [2.24, 2.45) is 5.92 Å². The van der Waals surface area contributed by atoms with Crippen LogP contribution in [-0.4, -0.2) is 12.0 Å². The van der Waals surface area contributed by atoms with Gasteiger partial charge in [0, 0.05) is 17.5 Å². The SMILES string of the molecule is O=C(CC1CC1)c1ccc(/C(F)=C/C(c2cc(Cl)c(Br)c(Cl)c2)C(F)(F)F)cc1C(F)(F)F. The molecule has 0 aliphatic heterocycles. The van der Waals surface area contributed by atoms with Crippen molar-refractivity contribution in [1.29, 1.82) is 0 Å². The maximum absolute atomic E-state index is 14.8.